The molecule has 3 aromatic rings. The third kappa shape index (κ3) is 3.99. The zero-order valence-electron chi connectivity index (χ0n) is 17.4. The van der Waals surface area contributed by atoms with Crippen LogP contribution in [0.3, 0.4) is 0 Å². The number of hydrogen-bond donors (Lipinski definition) is 2. The van der Waals surface area contributed by atoms with Gasteiger partial charge >= 0.3 is 0 Å². The number of rotatable bonds is 6. The van der Waals surface area contributed by atoms with Gasteiger partial charge in [0.1, 0.15) is 17.3 Å². The number of phenolic OH excluding ortho intramolecular Hbond substituents is 1. The quantitative estimate of drug-likeness (QED) is 0.351. The van der Waals surface area contributed by atoms with E-state index in [4.69, 9.17) is 0 Å². The Morgan fingerprint density at radius 2 is 1.97 bits per heavy atom. The van der Waals surface area contributed by atoms with E-state index in [9.17, 15) is 24.2 Å². The zero-order chi connectivity index (χ0) is 22.8. The number of likely N-dealkylation sites (tertiary alicyclic amines) is 1. The van der Waals surface area contributed by atoms with Gasteiger partial charge in [0, 0.05) is 31.0 Å². The molecular weight excluding hydrogens is 413 g/mol. The Morgan fingerprint density at radius 1 is 1.16 bits per heavy atom. The molecule has 1 atom stereocenters. The number of carbonyl (C=O) groups excluding carboxylic acids is 2. The lowest BCUT2D eigenvalue weighted by atomic mass is 9.94. The third-order valence-electron chi connectivity index (χ3n) is 5.55. The molecule has 0 radical (unpaired) electrons. The molecule has 0 spiro atoms. The first-order chi connectivity index (χ1) is 15.4. The second-order valence-electron chi connectivity index (χ2n) is 7.71. The van der Waals surface area contributed by atoms with Crippen molar-refractivity contribution < 1.29 is 24.2 Å². The van der Waals surface area contributed by atoms with Crippen molar-refractivity contribution in [3.63, 3.8) is 0 Å². The van der Waals surface area contributed by atoms with Crippen LogP contribution in [-0.4, -0.2) is 42.9 Å². The predicted octanol–water partition coefficient (Wildman–Crippen LogP) is 3.55. The number of aromatic nitrogens is 2. The summed E-state index contributed by atoms with van der Waals surface area (Å²) in [7, 11) is 0. The minimum absolute atomic E-state index is 0.0344. The molecule has 2 N–H and O–H groups in total. The Kier molecular flexibility index (Phi) is 5.77. The van der Waals surface area contributed by atoms with Gasteiger partial charge < -0.3 is 19.7 Å². The summed E-state index contributed by atoms with van der Waals surface area (Å²) in [6.45, 7) is 2.41. The van der Waals surface area contributed by atoms with Crippen LogP contribution < -0.4 is 0 Å². The average Bonchev–Trinajstić information content (AvgIpc) is 3.37. The Morgan fingerprint density at radius 3 is 2.66 bits per heavy atom. The number of benzene rings is 2. The first kappa shape index (κ1) is 21.3. The first-order valence-corrected chi connectivity index (χ1v) is 10.2. The molecule has 164 valence electrons. The largest absolute Gasteiger partial charge is 0.508 e. The molecule has 8 heteroatoms. The number of aliphatic hydroxyl groups excluding tert-OH is 1. The fourth-order valence-corrected chi connectivity index (χ4v) is 3.89. The number of phenols is 1. The van der Waals surface area contributed by atoms with E-state index in [1.54, 1.807) is 37.8 Å². The third-order valence-corrected chi connectivity index (χ3v) is 5.55. The van der Waals surface area contributed by atoms with Gasteiger partial charge in [-0.15, -0.1) is 0 Å². The fraction of sp³-hybridized carbons (Fsp3) is 0.208. The summed E-state index contributed by atoms with van der Waals surface area (Å²) in [5.74, 6) is -2.62. The maximum atomic E-state index is 14.1. The maximum absolute atomic E-state index is 14.1. The first-order valence-electron chi connectivity index (χ1n) is 10.2. The highest BCUT2D eigenvalue weighted by atomic mass is 19.1. The summed E-state index contributed by atoms with van der Waals surface area (Å²) in [5, 5.41) is 20.9. The van der Waals surface area contributed by atoms with Crippen LogP contribution in [0, 0.1) is 12.7 Å². The van der Waals surface area contributed by atoms with E-state index < -0.39 is 29.3 Å². The molecule has 2 aromatic carbocycles. The van der Waals surface area contributed by atoms with Crippen LogP contribution in [0.4, 0.5) is 4.39 Å². The van der Waals surface area contributed by atoms with E-state index in [0.717, 1.165) is 6.07 Å². The molecule has 2 heterocycles. The monoisotopic (exact) mass is 435 g/mol. The van der Waals surface area contributed by atoms with E-state index in [1.807, 2.05) is 4.57 Å². The molecule has 1 saturated heterocycles. The molecule has 32 heavy (non-hydrogen) atoms. The van der Waals surface area contributed by atoms with Crippen LogP contribution in [-0.2, 0) is 16.1 Å². The lowest BCUT2D eigenvalue weighted by Gasteiger charge is -2.25. The van der Waals surface area contributed by atoms with E-state index in [-0.39, 0.29) is 23.4 Å². The summed E-state index contributed by atoms with van der Waals surface area (Å²) in [4.78, 5) is 31.2. The van der Waals surface area contributed by atoms with E-state index in [2.05, 4.69) is 4.98 Å². The van der Waals surface area contributed by atoms with Crippen molar-refractivity contribution in [2.24, 2.45) is 0 Å². The highest BCUT2D eigenvalue weighted by Crippen LogP contribution is 2.40. The van der Waals surface area contributed by atoms with Crippen molar-refractivity contribution in [2.45, 2.75) is 25.9 Å². The molecule has 4 rings (SSSR count). The van der Waals surface area contributed by atoms with Crippen molar-refractivity contribution in [1.29, 1.82) is 0 Å². The highest BCUT2D eigenvalue weighted by molar-refractivity contribution is 6.46. The Balaban J connectivity index is 1.75. The van der Waals surface area contributed by atoms with E-state index in [0.29, 0.717) is 24.1 Å². The minimum atomic E-state index is -0.908. The van der Waals surface area contributed by atoms with Crippen molar-refractivity contribution in [3.8, 4) is 5.75 Å². The van der Waals surface area contributed by atoms with Crippen LogP contribution in [0.15, 0.2) is 66.8 Å². The number of carbonyl (C=O) groups is 2. The van der Waals surface area contributed by atoms with Crippen molar-refractivity contribution in [2.75, 3.05) is 6.54 Å². The normalized spacial score (nSPS) is 17.8. The molecule has 1 aromatic heterocycles. The lowest BCUT2D eigenvalue weighted by Crippen LogP contribution is -2.31. The fourth-order valence-electron chi connectivity index (χ4n) is 3.89. The van der Waals surface area contributed by atoms with Gasteiger partial charge in [-0.05, 0) is 42.7 Å². The van der Waals surface area contributed by atoms with Gasteiger partial charge in [0.2, 0.25) is 0 Å². The van der Waals surface area contributed by atoms with E-state index >= 15 is 0 Å². The molecule has 0 saturated carbocycles. The summed E-state index contributed by atoms with van der Waals surface area (Å²) >= 11 is 0. The summed E-state index contributed by atoms with van der Waals surface area (Å²) in [6.07, 6.45) is 5.65. The van der Waals surface area contributed by atoms with E-state index in [1.165, 1.54) is 29.2 Å². The molecule has 7 nitrogen and oxygen atoms in total. The Hall–Kier alpha value is -3.94. The summed E-state index contributed by atoms with van der Waals surface area (Å²) in [5.41, 5.74) is 0.841. The second kappa shape index (κ2) is 8.66. The number of imidazole rings is 1. The maximum Gasteiger partial charge on any atom is 0.295 e. The number of aromatic hydroxyl groups is 1. The van der Waals surface area contributed by atoms with Crippen LogP contribution in [0.5, 0.6) is 5.75 Å². The highest BCUT2D eigenvalue weighted by Gasteiger charge is 2.45. The van der Waals surface area contributed by atoms with Crippen LogP contribution >= 0.6 is 0 Å². The molecule has 0 bridgehead atoms. The van der Waals surface area contributed by atoms with Crippen LogP contribution in [0.2, 0.25) is 0 Å². The van der Waals surface area contributed by atoms with Crippen molar-refractivity contribution in [3.05, 3.63) is 89.3 Å². The lowest BCUT2D eigenvalue weighted by molar-refractivity contribution is -0.139. The number of ketones is 1. The second-order valence-corrected chi connectivity index (χ2v) is 7.71. The van der Waals surface area contributed by atoms with Gasteiger partial charge in [0.15, 0.2) is 0 Å². The molecule has 1 amide bonds. The molecule has 1 aliphatic heterocycles. The minimum Gasteiger partial charge on any atom is -0.508 e. The Bertz CT molecular complexity index is 1200. The van der Waals surface area contributed by atoms with Gasteiger partial charge in [0.05, 0.1) is 17.9 Å². The number of halogens is 1. The van der Waals surface area contributed by atoms with Gasteiger partial charge in [-0.1, -0.05) is 24.3 Å². The molecule has 1 fully saturated rings. The van der Waals surface area contributed by atoms with Crippen molar-refractivity contribution >= 4 is 17.4 Å². The van der Waals surface area contributed by atoms with Gasteiger partial charge in [-0.2, -0.15) is 0 Å². The Labute approximate surface area is 184 Å². The summed E-state index contributed by atoms with van der Waals surface area (Å²) < 4.78 is 16.0. The molecule has 1 unspecified atom stereocenters. The number of nitrogens with zero attached hydrogens (tertiary/aromatic N) is 3. The molecule has 0 aliphatic carbocycles. The molecule has 1 aliphatic rings. The number of aryl methyl sites for hydroxylation is 2. The van der Waals surface area contributed by atoms with Gasteiger partial charge in [0.25, 0.3) is 11.7 Å². The van der Waals surface area contributed by atoms with Crippen LogP contribution in [0.1, 0.15) is 29.2 Å². The summed E-state index contributed by atoms with van der Waals surface area (Å²) in [6, 6.07) is 9.41. The predicted molar refractivity (Wildman–Crippen MR) is 115 cm³/mol. The topological polar surface area (TPSA) is 95.7 Å². The standard InChI is InChI=1S/C24H22FN3O4/c1-15-6-7-17(13-19(15)25)22(30)20-21(16-4-2-5-18(29)12-16)28(24(32)23(20)31)10-3-9-27-11-8-26-14-27/h2,4-8,11-14,21,29-30H,3,9-10H2,1H3/b22-20+. The SMILES string of the molecule is Cc1ccc(/C(O)=C2\C(=O)C(=O)N(CCCn3ccnc3)C2c2cccc(O)c2)cc1F. The van der Waals surface area contributed by atoms with Gasteiger partial charge in [-0.3, -0.25) is 9.59 Å². The number of aliphatic hydroxyl groups is 1. The average molecular weight is 435 g/mol. The van der Waals surface area contributed by atoms with Crippen molar-refractivity contribution in [1.82, 2.24) is 14.5 Å². The zero-order valence-corrected chi connectivity index (χ0v) is 17.4. The molecular formula is C24H22FN3O4. The number of hydrogen-bond acceptors (Lipinski definition) is 5. The number of Topliss-reactive ketones (excluding diaryl/α,β-unsaturated/α-hetero) is 1. The van der Waals surface area contributed by atoms with Gasteiger partial charge in [-0.25, -0.2) is 9.37 Å². The van der Waals surface area contributed by atoms with Crippen LogP contribution in [0.25, 0.3) is 5.76 Å². The smallest absolute Gasteiger partial charge is 0.295 e. The number of amides is 1.